The lowest BCUT2D eigenvalue weighted by Gasteiger charge is -2.36. The molecule has 0 fully saturated rings. The summed E-state index contributed by atoms with van der Waals surface area (Å²) in [5.41, 5.74) is 4.94. The van der Waals surface area contributed by atoms with Crippen molar-refractivity contribution in [3.05, 3.63) is 65.4 Å². The van der Waals surface area contributed by atoms with E-state index in [1.807, 2.05) is 16.7 Å². The minimum atomic E-state index is 0.232. The maximum Gasteiger partial charge on any atom is 0.231 e. The molecule has 2 aliphatic rings. The van der Waals surface area contributed by atoms with Gasteiger partial charge in [-0.1, -0.05) is 30.3 Å². The molecule has 138 valence electrons. The van der Waals surface area contributed by atoms with Crippen LogP contribution in [0.5, 0.6) is 5.75 Å². The van der Waals surface area contributed by atoms with Gasteiger partial charge in [-0.05, 0) is 48.6 Å². The van der Waals surface area contributed by atoms with Crippen molar-refractivity contribution in [1.82, 2.24) is 9.47 Å². The summed E-state index contributed by atoms with van der Waals surface area (Å²) in [6.45, 7) is 1.96. The predicted octanol–water partition coefficient (Wildman–Crippen LogP) is 4.57. The Morgan fingerprint density at radius 1 is 1.11 bits per heavy atom. The molecular weight excluding hydrogens is 336 g/mol. The van der Waals surface area contributed by atoms with Gasteiger partial charge in [0, 0.05) is 30.6 Å². The lowest BCUT2D eigenvalue weighted by molar-refractivity contribution is 0.0906. The third-order valence-corrected chi connectivity index (χ3v) is 6.07. The van der Waals surface area contributed by atoms with Gasteiger partial charge in [-0.3, -0.25) is 14.3 Å². The van der Waals surface area contributed by atoms with Gasteiger partial charge in [0.05, 0.1) is 18.7 Å². The van der Waals surface area contributed by atoms with Gasteiger partial charge in [-0.2, -0.15) is 0 Å². The molecule has 4 nitrogen and oxygen atoms in total. The Morgan fingerprint density at radius 2 is 1.96 bits per heavy atom. The minimum Gasteiger partial charge on any atom is -0.497 e. The van der Waals surface area contributed by atoms with Gasteiger partial charge in [0.2, 0.25) is 5.91 Å². The number of benzene rings is 2. The van der Waals surface area contributed by atoms with Crippen molar-refractivity contribution in [3.8, 4) is 5.75 Å². The summed E-state index contributed by atoms with van der Waals surface area (Å²) in [6.07, 6.45) is 3.59. The fraction of sp³-hybridized carbons (Fsp3) is 0.348. The number of ether oxygens (including phenoxy) is 1. The van der Waals surface area contributed by atoms with Crippen LogP contribution in [0.4, 0.5) is 0 Å². The molecule has 3 aromatic rings. The molecule has 2 aliphatic heterocycles. The van der Waals surface area contributed by atoms with E-state index in [0.717, 1.165) is 43.6 Å². The van der Waals surface area contributed by atoms with E-state index in [4.69, 9.17) is 4.74 Å². The Labute approximate surface area is 159 Å². The second-order valence-corrected chi connectivity index (χ2v) is 7.59. The third-order valence-electron chi connectivity index (χ3n) is 6.07. The van der Waals surface area contributed by atoms with Crippen molar-refractivity contribution in [2.75, 3.05) is 13.7 Å². The maximum atomic E-state index is 13.0. The molecule has 3 heterocycles. The molecule has 0 bridgehead atoms. The zero-order valence-electron chi connectivity index (χ0n) is 15.6. The van der Waals surface area contributed by atoms with E-state index in [2.05, 4.69) is 41.3 Å². The predicted molar refractivity (Wildman–Crippen MR) is 106 cm³/mol. The molecule has 27 heavy (non-hydrogen) atoms. The second kappa shape index (κ2) is 6.54. The van der Waals surface area contributed by atoms with Crippen LogP contribution in [0.25, 0.3) is 10.9 Å². The number of carbonyl (C=O) groups is 1. The number of methoxy groups -OCH3 is 1. The number of hydrogen-bond donors (Lipinski definition) is 0. The average Bonchev–Trinajstić information content (AvgIpc) is 2.93. The fourth-order valence-corrected chi connectivity index (χ4v) is 4.83. The van der Waals surface area contributed by atoms with Crippen molar-refractivity contribution >= 4 is 16.8 Å². The normalized spacial score (nSPS) is 19.7. The largest absolute Gasteiger partial charge is 0.497 e. The Hall–Kier alpha value is -2.59. The van der Waals surface area contributed by atoms with Crippen LogP contribution in [0.2, 0.25) is 0 Å². The fourth-order valence-electron chi connectivity index (χ4n) is 4.83. The quantitative estimate of drug-likeness (QED) is 0.686. The number of hydrogen-bond acceptors (Lipinski definition) is 3. The lowest BCUT2D eigenvalue weighted by atomic mass is 9.94. The van der Waals surface area contributed by atoms with Crippen molar-refractivity contribution in [1.29, 1.82) is 0 Å². The van der Waals surface area contributed by atoms with Crippen LogP contribution in [0.1, 0.15) is 46.9 Å². The van der Waals surface area contributed by atoms with E-state index in [-0.39, 0.29) is 5.91 Å². The summed E-state index contributed by atoms with van der Waals surface area (Å²) in [6, 6.07) is 17.1. The van der Waals surface area contributed by atoms with Crippen molar-refractivity contribution < 1.29 is 9.53 Å². The summed E-state index contributed by atoms with van der Waals surface area (Å²) < 4.78 is 7.46. The van der Waals surface area contributed by atoms with Crippen molar-refractivity contribution in [2.24, 2.45) is 0 Å². The number of rotatable bonds is 3. The highest BCUT2D eigenvalue weighted by Crippen LogP contribution is 2.42. The van der Waals surface area contributed by atoms with Gasteiger partial charge < -0.3 is 4.74 Å². The molecular formula is C23H24N2O2. The lowest BCUT2D eigenvalue weighted by Crippen LogP contribution is -2.35. The highest BCUT2D eigenvalue weighted by atomic mass is 16.5. The molecule has 4 heteroatoms. The number of fused-ring (bicyclic) bond motifs is 3. The number of aromatic nitrogens is 1. The summed E-state index contributed by atoms with van der Waals surface area (Å²) in [5.74, 6) is 1.09. The molecule has 0 radical (unpaired) electrons. The van der Waals surface area contributed by atoms with Crippen LogP contribution in [0.15, 0.2) is 48.5 Å². The van der Waals surface area contributed by atoms with E-state index >= 15 is 0 Å². The highest BCUT2D eigenvalue weighted by molar-refractivity contribution is 5.97. The van der Waals surface area contributed by atoms with Crippen molar-refractivity contribution in [3.63, 3.8) is 0 Å². The zero-order chi connectivity index (χ0) is 18.4. The van der Waals surface area contributed by atoms with Crippen LogP contribution >= 0.6 is 0 Å². The topological polar surface area (TPSA) is 34.5 Å². The molecule has 1 atom stereocenters. The number of nitrogens with zero attached hydrogens (tertiary/aromatic N) is 2. The van der Waals surface area contributed by atoms with Crippen LogP contribution in [0.3, 0.4) is 0 Å². The molecule has 0 aliphatic carbocycles. The van der Waals surface area contributed by atoms with Gasteiger partial charge in [-0.25, -0.2) is 0 Å². The smallest absolute Gasteiger partial charge is 0.231 e. The Balaban J connectivity index is 1.65. The second-order valence-electron chi connectivity index (χ2n) is 7.59. The molecule has 0 amide bonds. The SMILES string of the molecule is COc1ccc2c(c1)c1c3n2C(=O)CCCC3N(Cc2ccccc2)CC1. The van der Waals surface area contributed by atoms with E-state index in [0.29, 0.717) is 12.5 Å². The van der Waals surface area contributed by atoms with Gasteiger partial charge in [0.25, 0.3) is 0 Å². The minimum absolute atomic E-state index is 0.232. The van der Waals surface area contributed by atoms with Gasteiger partial charge in [-0.15, -0.1) is 0 Å². The van der Waals surface area contributed by atoms with Gasteiger partial charge in [0.1, 0.15) is 5.75 Å². The molecule has 2 aromatic carbocycles. The van der Waals surface area contributed by atoms with E-state index in [9.17, 15) is 4.79 Å². The summed E-state index contributed by atoms with van der Waals surface area (Å²) >= 11 is 0. The summed E-state index contributed by atoms with van der Waals surface area (Å²) in [5, 5.41) is 1.18. The van der Waals surface area contributed by atoms with Crippen molar-refractivity contribution in [2.45, 2.75) is 38.3 Å². The first-order valence-corrected chi connectivity index (χ1v) is 9.78. The monoisotopic (exact) mass is 360 g/mol. The average molecular weight is 360 g/mol. The molecule has 0 saturated heterocycles. The molecule has 0 N–H and O–H groups in total. The number of carbonyl (C=O) groups excluding carboxylic acids is 1. The standard InChI is InChI=1S/C23H24N2O2/c1-27-17-10-11-20-19(14-17)18-12-13-24(15-16-6-3-2-4-7-16)21-8-5-9-22(26)25(20)23(18)21/h2-4,6-7,10-11,14,21H,5,8-9,12-13,15H2,1H3. The first-order valence-electron chi connectivity index (χ1n) is 9.78. The maximum absolute atomic E-state index is 13.0. The Morgan fingerprint density at radius 3 is 2.78 bits per heavy atom. The third kappa shape index (κ3) is 2.67. The summed E-state index contributed by atoms with van der Waals surface area (Å²) in [7, 11) is 1.70. The van der Waals surface area contributed by atoms with Crippen LogP contribution in [-0.4, -0.2) is 29.0 Å². The van der Waals surface area contributed by atoms with Crippen LogP contribution < -0.4 is 4.74 Å². The summed E-state index contributed by atoms with van der Waals surface area (Å²) in [4.78, 5) is 15.5. The Bertz CT molecular complexity index is 1010. The first-order chi connectivity index (χ1) is 13.3. The van der Waals surface area contributed by atoms with Crippen LogP contribution in [0, 0.1) is 0 Å². The molecule has 0 spiro atoms. The van der Waals surface area contributed by atoms with E-state index < -0.39 is 0 Å². The molecule has 1 unspecified atom stereocenters. The zero-order valence-corrected chi connectivity index (χ0v) is 15.6. The molecule has 1 aromatic heterocycles. The Kier molecular flexibility index (Phi) is 4.01. The molecule has 0 saturated carbocycles. The van der Waals surface area contributed by atoms with Crippen LogP contribution in [-0.2, 0) is 13.0 Å². The van der Waals surface area contributed by atoms with Gasteiger partial charge >= 0.3 is 0 Å². The van der Waals surface area contributed by atoms with Gasteiger partial charge in [0.15, 0.2) is 0 Å². The first kappa shape index (κ1) is 16.6. The molecule has 5 rings (SSSR count). The highest BCUT2D eigenvalue weighted by Gasteiger charge is 2.36. The van der Waals surface area contributed by atoms with E-state index in [1.165, 1.54) is 22.2 Å². The van der Waals surface area contributed by atoms with E-state index in [1.54, 1.807) is 7.11 Å².